The molecule has 0 aliphatic heterocycles. The van der Waals surface area contributed by atoms with Crippen LogP contribution in [0.2, 0.25) is 0 Å². The fraction of sp³-hybridized carbons (Fsp3) is 0.259. The lowest BCUT2D eigenvalue weighted by molar-refractivity contribution is 0.0135. The number of halogens is 1. The van der Waals surface area contributed by atoms with Crippen molar-refractivity contribution in [2.24, 2.45) is 0 Å². The molecule has 0 bridgehead atoms. The molecular formula is C27H26FNO6. The first kappa shape index (κ1) is 24.4. The molecule has 0 spiro atoms. The number of alkyl carbamates (subject to hydrolysis) is 1. The molecule has 8 heteroatoms. The molecule has 0 saturated carbocycles. The number of benzene rings is 3. The lowest BCUT2D eigenvalue weighted by atomic mass is 9.98. The van der Waals surface area contributed by atoms with Crippen molar-refractivity contribution in [2.75, 3.05) is 20.3 Å². The highest BCUT2D eigenvalue weighted by Gasteiger charge is 2.29. The van der Waals surface area contributed by atoms with Crippen LogP contribution in [0, 0.1) is 5.82 Å². The number of carbonyl (C=O) groups excluding carboxylic acids is 2. The molecule has 3 aromatic rings. The Bertz CT molecular complexity index is 1180. The van der Waals surface area contributed by atoms with Crippen molar-refractivity contribution in [3.8, 4) is 11.1 Å². The van der Waals surface area contributed by atoms with E-state index in [1.54, 1.807) is 0 Å². The summed E-state index contributed by atoms with van der Waals surface area (Å²) >= 11 is 0. The molecule has 0 saturated heterocycles. The van der Waals surface area contributed by atoms with Gasteiger partial charge in [-0.1, -0.05) is 54.6 Å². The van der Waals surface area contributed by atoms with Crippen molar-refractivity contribution in [1.82, 2.24) is 5.32 Å². The topological polar surface area (TPSA) is 105 Å². The lowest BCUT2D eigenvalue weighted by Crippen LogP contribution is -2.30. The van der Waals surface area contributed by atoms with Gasteiger partial charge in [0.05, 0.1) is 18.8 Å². The maximum Gasteiger partial charge on any atom is 0.407 e. The first-order chi connectivity index (χ1) is 16.9. The van der Waals surface area contributed by atoms with Crippen LogP contribution in [-0.2, 0) is 9.47 Å². The fourth-order valence-corrected chi connectivity index (χ4v) is 4.34. The van der Waals surface area contributed by atoms with E-state index in [1.807, 2.05) is 36.4 Å². The van der Waals surface area contributed by atoms with Gasteiger partial charge in [-0.25, -0.2) is 14.0 Å². The van der Waals surface area contributed by atoms with Gasteiger partial charge in [0.2, 0.25) is 0 Å². The summed E-state index contributed by atoms with van der Waals surface area (Å²) in [6.07, 6.45) is -3.30. The fourth-order valence-electron chi connectivity index (χ4n) is 4.34. The molecule has 3 N–H and O–H groups in total. The quantitative estimate of drug-likeness (QED) is 0.423. The summed E-state index contributed by atoms with van der Waals surface area (Å²) in [6, 6.07) is 19.5. The molecule has 1 aliphatic carbocycles. The number of fused-ring (bicyclic) bond motifs is 3. The third kappa shape index (κ3) is 5.18. The van der Waals surface area contributed by atoms with E-state index in [4.69, 9.17) is 4.74 Å². The Labute approximate surface area is 202 Å². The Morgan fingerprint density at radius 1 is 1.00 bits per heavy atom. The van der Waals surface area contributed by atoms with Gasteiger partial charge >= 0.3 is 12.1 Å². The summed E-state index contributed by atoms with van der Waals surface area (Å²) in [5.74, 6) is -1.77. The molecule has 0 fully saturated rings. The average Bonchev–Trinajstić information content (AvgIpc) is 3.20. The van der Waals surface area contributed by atoms with Gasteiger partial charge in [-0.2, -0.15) is 0 Å². The lowest BCUT2D eigenvalue weighted by Gasteiger charge is -2.19. The van der Waals surface area contributed by atoms with Crippen molar-refractivity contribution >= 4 is 12.1 Å². The number of hydrogen-bond donors (Lipinski definition) is 3. The molecule has 0 heterocycles. The summed E-state index contributed by atoms with van der Waals surface area (Å²) in [7, 11) is 1.14. The van der Waals surface area contributed by atoms with E-state index in [9.17, 15) is 24.2 Å². The van der Waals surface area contributed by atoms with E-state index < -0.39 is 30.1 Å². The second-order valence-corrected chi connectivity index (χ2v) is 8.28. The second kappa shape index (κ2) is 10.7. The number of nitrogens with one attached hydrogen (secondary N) is 1. The Morgan fingerprint density at radius 3 is 2.23 bits per heavy atom. The van der Waals surface area contributed by atoms with Gasteiger partial charge in [0.25, 0.3) is 0 Å². The van der Waals surface area contributed by atoms with Crippen LogP contribution in [0.5, 0.6) is 0 Å². The number of rotatable bonds is 8. The maximum absolute atomic E-state index is 14.1. The summed E-state index contributed by atoms with van der Waals surface area (Å²) in [4.78, 5) is 23.7. The zero-order valence-corrected chi connectivity index (χ0v) is 19.1. The highest BCUT2D eigenvalue weighted by molar-refractivity contribution is 5.89. The summed E-state index contributed by atoms with van der Waals surface area (Å²) < 4.78 is 24.0. The van der Waals surface area contributed by atoms with Crippen molar-refractivity contribution < 1.29 is 33.7 Å². The number of aliphatic hydroxyl groups is 2. The van der Waals surface area contributed by atoms with Crippen LogP contribution in [0.15, 0.2) is 66.7 Å². The molecule has 7 nitrogen and oxygen atoms in total. The number of ether oxygens (including phenoxy) is 2. The minimum Gasteiger partial charge on any atom is -0.465 e. The molecular weight excluding hydrogens is 453 g/mol. The van der Waals surface area contributed by atoms with Gasteiger partial charge in [0.15, 0.2) is 0 Å². The van der Waals surface area contributed by atoms with Crippen LogP contribution >= 0.6 is 0 Å². The van der Waals surface area contributed by atoms with Crippen LogP contribution in [0.25, 0.3) is 11.1 Å². The van der Waals surface area contributed by atoms with E-state index in [-0.39, 0.29) is 36.6 Å². The number of hydrogen-bond acceptors (Lipinski definition) is 6. The molecule has 182 valence electrons. The van der Waals surface area contributed by atoms with E-state index in [1.165, 1.54) is 12.1 Å². The molecule has 35 heavy (non-hydrogen) atoms. The van der Waals surface area contributed by atoms with Crippen molar-refractivity contribution in [3.05, 3.63) is 94.8 Å². The first-order valence-electron chi connectivity index (χ1n) is 11.2. The second-order valence-electron chi connectivity index (χ2n) is 8.28. The summed E-state index contributed by atoms with van der Waals surface area (Å²) in [6.45, 7) is 0.203. The zero-order chi connectivity index (χ0) is 24.9. The van der Waals surface area contributed by atoms with Gasteiger partial charge < -0.3 is 25.0 Å². The van der Waals surface area contributed by atoms with Gasteiger partial charge in [-0.05, 0) is 46.4 Å². The molecule has 0 aromatic heterocycles. The van der Waals surface area contributed by atoms with E-state index in [0.717, 1.165) is 35.4 Å². The van der Waals surface area contributed by atoms with Crippen LogP contribution in [0.1, 0.15) is 45.5 Å². The zero-order valence-electron chi connectivity index (χ0n) is 19.1. The minimum atomic E-state index is -1.40. The molecule has 1 aliphatic rings. The first-order valence-corrected chi connectivity index (χ1v) is 11.2. The Balaban J connectivity index is 1.28. The van der Waals surface area contributed by atoms with Gasteiger partial charge in [0, 0.05) is 12.5 Å². The highest BCUT2D eigenvalue weighted by atomic mass is 19.1. The van der Waals surface area contributed by atoms with E-state index >= 15 is 0 Å². The largest absolute Gasteiger partial charge is 0.465 e. The molecule has 2 unspecified atom stereocenters. The minimum absolute atomic E-state index is 0.00569. The molecule has 0 radical (unpaired) electrons. The molecule has 4 rings (SSSR count). The standard InChI is InChI=1S/C27H26FNO6/c1-34-26(32)21-11-10-16(14-23(21)28)25(31)24(30)12-13-29-27(33)35-15-22-19-8-4-2-6-17(19)18-7-3-5-9-20(18)22/h2-11,14,22,24-25,30-31H,12-13,15H2,1H3,(H,29,33). The van der Waals surface area contributed by atoms with Gasteiger partial charge in [-0.15, -0.1) is 0 Å². The molecule has 2 atom stereocenters. The number of amides is 1. The Morgan fingerprint density at radius 2 is 1.63 bits per heavy atom. The average molecular weight is 480 g/mol. The van der Waals surface area contributed by atoms with E-state index in [2.05, 4.69) is 22.2 Å². The van der Waals surface area contributed by atoms with Crippen molar-refractivity contribution in [3.63, 3.8) is 0 Å². The smallest absolute Gasteiger partial charge is 0.407 e. The van der Waals surface area contributed by atoms with Crippen molar-refractivity contribution in [1.29, 1.82) is 0 Å². The number of aliphatic hydroxyl groups excluding tert-OH is 2. The number of methoxy groups -OCH3 is 1. The molecule has 3 aromatic carbocycles. The summed E-state index contributed by atoms with van der Waals surface area (Å²) in [5.41, 5.74) is 4.30. The van der Waals surface area contributed by atoms with Crippen LogP contribution in [-0.4, -0.2) is 48.6 Å². The SMILES string of the molecule is COC(=O)c1ccc(C(O)C(O)CCNC(=O)OCC2c3ccccc3-c3ccccc32)cc1F. The predicted octanol–water partition coefficient (Wildman–Crippen LogP) is 3.94. The third-order valence-electron chi connectivity index (χ3n) is 6.16. The maximum atomic E-state index is 14.1. The number of carbonyl (C=O) groups is 2. The number of esters is 1. The third-order valence-corrected chi connectivity index (χ3v) is 6.16. The molecule has 1 amide bonds. The van der Waals surface area contributed by atoms with Crippen molar-refractivity contribution in [2.45, 2.75) is 24.5 Å². The van der Waals surface area contributed by atoms with Crippen LogP contribution < -0.4 is 5.32 Å². The normalized spacial score (nSPS) is 13.9. The monoisotopic (exact) mass is 479 g/mol. The summed E-state index contributed by atoms with van der Waals surface area (Å²) in [5, 5.41) is 23.2. The predicted molar refractivity (Wildman–Crippen MR) is 126 cm³/mol. The van der Waals surface area contributed by atoms with Gasteiger partial charge in [-0.3, -0.25) is 0 Å². The Kier molecular flexibility index (Phi) is 7.43. The van der Waals surface area contributed by atoms with Crippen LogP contribution in [0.3, 0.4) is 0 Å². The van der Waals surface area contributed by atoms with Gasteiger partial charge in [0.1, 0.15) is 18.5 Å². The van der Waals surface area contributed by atoms with E-state index in [0.29, 0.717) is 0 Å². The Hall–Kier alpha value is -3.75. The highest BCUT2D eigenvalue weighted by Crippen LogP contribution is 2.44. The van der Waals surface area contributed by atoms with Crippen LogP contribution in [0.4, 0.5) is 9.18 Å².